The van der Waals surface area contributed by atoms with Crippen LogP contribution >= 0.6 is 0 Å². The number of rotatable bonds is 2. The zero-order valence-electron chi connectivity index (χ0n) is 10.7. The van der Waals surface area contributed by atoms with E-state index >= 15 is 0 Å². The molecule has 2 heteroatoms. The Bertz CT molecular complexity index is 522. The van der Waals surface area contributed by atoms with Crippen molar-refractivity contribution in [3.63, 3.8) is 0 Å². The molecule has 0 bridgehead atoms. The summed E-state index contributed by atoms with van der Waals surface area (Å²) >= 11 is 0. The topological polar surface area (TPSA) is 33.4 Å². The van der Waals surface area contributed by atoms with Gasteiger partial charge < -0.3 is 9.52 Å². The summed E-state index contributed by atoms with van der Waals surface area (Å²) in [5, 5.41) is 10.7. The molecule has 1 aromatic carbocycles. The van der Waals surface area contributed by atoms with E-state index in [1.165, 1.54) is 11.1 Å². The maximum absolute atomic E-state index is 10.7. The van der Waals surface area contributed by atoms with Crippen LogP contribution in [0, 0.1) is 20.8 Å². The quantitative estimate of drug-likeness (QED) is 0.857. The summed E-state index contributed by atoms with van der Waals surface area (Å²) in [6.45, 7) is 7.97. The van der Waals surface area contributed by atoms with Gasteiger partial charge in [0.15, 0.2) is 0 Å². The molecule has 2 aromatic rings. The molecule has 0 saturated carbocycles. The van der Waals surface area contributed by atoms with Crippen molar-refractivity contribution in [2.75, 3.05) is 0 Å². The molecule has 1 atom stereocenters. The fourth-order valence-electron chi connectivity index (χ4n) is 2.18. The van der Waals surface area contributed by atoms with Crippen molar-refractivity contribution in [3.8, 4) is 0 Å². The van der Waals surface area contributed by atoms with Crippen molar-refractivity contribution in [1.29, 1.82) is 0 Å². The van der Waals surface area contributed by atoms with Gasteiger partial charge in [-0.2, -0.15) is 0 Å². The summed E-state index contributed by atoms with van der Waals surface area (Å²) < 4.78 is 5.06. The minimum Gasteiger partial charge on any atom is -0.472 e. The third-order valence-corrected chi connectivity index (χ3v) is 3.45. The first-order valence-corrected chi connectivity index (χ1v) is 5.76. The number of furan rings is 1. The zero-order chi connectivity index (χ0) is 12.6. The molecule has 0 saturated heterocycles. The Morgan fingerprint density at radius 2 is 1.71 bits per heavy atom. The van der Waals surface area contributed by atoms with Gasteiger partial charge in [-0.1, -0.05) is 12.1 Å². The van der Waals surface area contributed by atoms with Crippen LogP contribution in [0.25, 0.3) is 0 Å². The first-order chi connectivity index (χ1) is 7.93. The summed E-state index contributed by atoms with van der Waals surface area (Å²) in [4.78, 5) is 0. The van der Waals surface area contributed by atoms with Crippen LogP contribution in [0.2, 0.25) is 0 Å². The van der Waals surface area contributed by atoms with Crippen LogP contribution < -0.4 is 0 Å². The van der Waals surface area contributed by atoms with Crippen LogP contribution in [0.1, 0.15) is 34.7 Å². The molecule has 17 heavy (non-hydrogen) atoms. The highest BCUT2D eigenvalue weighted by atomic mass is 16.3. The van der Waals surface area contributed by atoms with Gasteiger partial charge in [-0.25, -0.2) is 0 Å². The van der Waals surface area contributed by atoms with E-state index in [1.54, 1.807) is 25.5 Å². The van der Waals surface area contributed by atoms with E-state index in [-0.39, 0.29) is 0 Å². The SMILES string of the molecule is Cc1cc(C)c(C(C)(O)c2ccoc2)cc1C. The molecule has 1 aromatic heterocycles. The number of hydrogen-bond donors (Lipinski definition) is 1. The van der Waals surface area contributed by atoms with E-state index in [1.807, 2.05) is 6.92 Å². The summed E-state index contributed by atoms with van der Waals surface area (Å²) in [6, 6.07) is 5.96. The molecule has 0 aliphatic rings. The second kappa shape index (κ2) is 4.04. The van der Waals surface area contributed by atoms with Crippen molar-refractivity contribution in [2.24, 2.45) is 0 Å². The average molecular weight is 230 g/mol. The molecular formula is C15H18O2. The van der Waals surface area contributed by atoms with E-state index < -0.39 is 5.60 Å². The normalized spacial score (nSPS) is 14.6. The Hall–Kier alpha value is -1.54. The summed E-state index contributed by atoms with van der Waals surface area (Å²) in [7, 11) is 0. The molecular weight excluding hydrogens is 212 g/mol. The molecule has 2 rings (SSSR count). The first-order valence-electron chi connectivity index (χ1n) is 5.76. The average Bonchev–Trinajstić information content (AvgIpc) is 2.77. The first kappa shape index (κ1) is 11.9. The maximum Gasteiger partial charge on any atom is 0.115 e. The molecule has 1 unspecified atom stereocenters. The van der Waals surface area contributed by atoms with Gasteiger partial charge in [0.05, 0.1) is 12.5 Å². The zero-order valence-corrected chi connectivity index (χ0v) is 10.7. The molecule has 0 spiro atoms. The van der Waals surface area contributed by atoms with Gasteiger partial charge in [-0.3, -0.25) is 0 Å². The van der Waals surface area contributed by atoms with Crippen LogP contribution in [0.15, 0.2) is 35.1 Å². The third kappa shape index (κ3) is 2.01. The van der Waals surface area contributed by atoms with Crippen LogP contribution in [0.5, 0.6) is 0 Å². The summed E-state index contributed by atoms with van der Waals surface area (Å²) in [5.41, 5.74) is 4.24. The second-order valence-electron chi connectivity index (χ2n) is 4.84. The van der Waals surface area contributed by atoms with E-state index in [4.69, 9.17) is 4.42 Å². The van der Waals surface area contributed by atoms with Gasteiger partial charge in [0.25, 0.3) is 0 Å². The maximum atomic E-state index is 10.7. The van der Waals surface area contributed by atoms with E-state index in [2.05, 4.69) is 26.0 Å². The lowest BCUT2D eigenvalue weighted by Gasteiger charge is -2.25. The van der Waals surface area contributed by atoms with Crippen LogP contribution in [0.4, 0.5) is 0 Å². The molecule has 0 aliphatic heterocycles. The van der Waals surface area contributed by atoms with Crippen LogP contribution in [-0.4, -0.2) is 5.11 Å². The molecule has 0 aliphatic carbocycles. The lowest BCUT2D eigenvalue weighted by molar-refractivity contribution is 0.101. The minimum atomic E-state index is -1.00. The number of hydrogen-bond acceptors (Lipinski definition) is 2. The van der Waals surface area contributed by atoms with Crippen LogP contribution in [-0.2, 0) is 5.60 Å². The van der Waals surface area contributed by atoms with Crippen LogP contribution in [0.3, 0.4) is 0 Å². The third-order valence-electron chi connectivity index (χ3n) is 3.45. The molecule has 0 amide bonds. The van der Waals surface area contributed by atoms with Crippen molar-refractivity contribution >= 4 is 0 Å². The summed E-state index contributed by atoms with van der Waals surface area (Å²) in [6.07, 6.45) is 3.18. The Labute approximate surface area is 102 Å². The van der Waals surface area contributed by atoms with Gasteiger partial charge in [-0.05, 0) is 56.0 Å². The highest BCUT2D eigenvalue weighted by molar-refractivity contribution is 5.43. The second-order valence-corrected chi connectivity index (χ2v) is 4.84. The van der Waals surface area contributed by atoms with Gasteiger partial charge in [0.1, 0.15) is 5.60 Å². The molecule has 1 N–H and O–H groups in total. The molecule has 90 valence electrons. The van der Waals surface area contributed by atoms with Gasteiger partial charge >= 0.3 is 0 Å². The molecule has 0 radical (unpaired) electrons. The van der Waals surface area contributed by atoms with Crippen molar-refractivity contribution < 1.29 is 9.52 Å². The van der Waals surface area contributed by atoms with E-state index in [0.717, 1.165) is 16.7 Å². The molecule has 2 nitrogen and oxygen atoms in total. The fourth-order valence-corrected chi connectivity index (χ4v) is 2.18. The van der Waals surface area contributed by atoms with E-state index in [9.17, 15) is 5.11 Å². The lowest BCUT2D eigenvalue weighted by Crippen LogP contribution is -2.23. The largest absolute Gasteiger partial charge is 0.472 e. The lowest BCUT2D eigenvalue weighted by atomic mass is 9.85. The van der Waals surface area contributed by atoms with Gasteiger partial charge in [-0.15, -0.1) is 0 Å². The fraction of sp³-hybridized carbons (Fsp3) is 0.333. The van der Waals surface area contributed by atoms with Gasteiger partial charge in [0.2, 0.25) is 0 Å². The Balaban J connectivity index is 2.57. The summed E-state index contributed by atoms with van der Waals surface area (Å²) in [5.74, 6) is 0. The highest BCUT2D eigenvalue weighted by Crippen LogP contribution is 2.32. The minimum absolute atomic E-state index is 0.781. The standard InChI is InChI=1S/C15H18O2/c1-10-7-12(3)14(8-11(10)2)15(4,16)13-5-6-17-9-13/h5-9,16H,1-4H3. The predicted molar refractivity (Wildman–Crippen MR) is 68.0 cm³/mol. The number of aryl methyl sites for hydroxylation is 3. The van der Waals surface area contributed by atoms with Crippen molar-refractivity contribution in [3.05, 3.63) is 58.5 Å². The molecule has 0 fully saturated rings. The van der Waals surface area contributed by atoms with Gasteiger partial charge in [0, 0.05) is 5.56 Å². The van der Waals surface area contributed by atoms with Crippen molar-refractivity contribution in [2.45, 2.75) is 33.3 Å². The smallest absolute Gasteiger partial charge is 0.115 e. The highest BCUT2D eigenvalue weighted by Gasteiger charge is 2.28. The Morgan fingerprint density at radius 3 is 2.29 bits per heavy atom. The Kier molecular flexibility index (Phi) is 2.84. The van der Waals surface area contributed by atoms with Crippen molar-refractivity contribution in [1.82, 2.24) is 0 Å². The Morgan fingerprint density at radius 1 is 1.06 bits per heavy atom. The number of aliphatic hydroxyl groups is 1. The molecule has 1 heterocycles. The van der Waals surface area contributed by atoms with E-state index in [0.29, 0.717) is 0 Å². The number of benzene rings is 1. The predicted octanol–water partition coefficient (Wildman–Crippen LogP) is 3.46. The monoisotopic (exact) mass is 230 g/mol.